The van der Waals surface area contributed by atoms with E-state index in [1.807, 2.05) is 39.0 Å². The quantitative estimate of drug-likeness (QED) is 0.228. The van der Waals surface area contributed by atoms with Crippen molar-refractivity contribution in [3.63, 3.8) is 0 Å². The highest BCUT2D eigenvalue weighted by Crippen LogP contribution is 2.31. The molecule has 0 aromatic heterocycles. The Morgan fingerprint density at radius 2 is 1.87 bits per heavy atom. The Balaban J connectivity index is 0.00000480. The van der Waals surface area contributed by atoms with E-state index in [-0.39, 0.29) is 30.0 Å². The monoisotopic (exact) mass is 567 g/mol. The molecule has 0 saturated carbocycles. The number of guanidine groups is 1. The lowest BCUT2D eigenvalue weighted by atomic mass is 10.0. The molecule has 1 saturated heterocycles. The van der Waals surface area contributed by atoms with Crippen molar-refractivity contribution in [1.82, 2.24) is 20.3 Å². The molecule has 1 aromatic rings. The van der Waals surface area contributed by atoms with E-state index in [4.69, 9.17) is 4.74 Å². The van der Waals surface area contributed by atoms with E-state index < -0.39 is 15.6 Å². The van der Waals surface area contributed by atoms with E-state index in [9.17, 15) is 8.42 Å². The maximum absolute atomic E-state index is 11.6. The summed E-state index contributed by atoms with van der Waals surface area (Å²) in [6, 6.07) is 8.30. The number of nitrogens with one attached hydrogen (secondary N) is 3. The number of para-hydroxylation sites is 1. The number of aliphatic imine (C=N–C) groups is 1. The van der Waals surface area contributed by atoms with Crippen molar-refractivity contribution in [3.05, 3.63) is 29.8 Å². The van der Waals surface area contributed by atoms with E-state index >= 15 is 0 Å². The fourth-order valence-corrected chi connectivity index (χ4v) is 4.85. The van der Waals surface area contributed by atoms with Crippen LogP contribution in [0.5, 0.6) is 5.75 Å². The summed E-state index contributed by atoms with van der Waals surface area (Å²) in [6.07, 6.45) is 3.56. The number of hydrogen-bond donors (Lipinski definition) is 3. The molecule has 8 nitrogen and oxygen atoms in total. The predicted molar refractivity (Wildman–Crippen MR) is 138 cm³/mol. The molecule has 31 heavy (non-hydrogen) atoms. The molecular weight excluding hydrogens is 529 g/mol. The van der Waals surface area contributed by atoms with Crippen LogP contribution in [0.1, 0.15) is 45.2 Å². The Morgan fingerprint density at radius 1 is 1.23 bits per heavy atom. The summed E-state index contributed by atoms with van der Waals surface area (Å²) >= 11 is 0. The van der Waals surface area contributed by atoms with Gasteiger partial charge >= 0.3 is 0 Å². The fourth-order valence-electron chi connectivity index (χ4n) is 3.78. The number of nitrogens with zero attached hydrogens (tertiary/aromatic N) is 2. The maximum atomic E-state index is 11.6. The second-order valence-corrected chi connectivity index (χ2v) is 10.1. The molecule has 1 aliphatic rings. The van der Waals surface area contributed by atoms with Crippen LogP contribution >= 0.6 is 24.0 Å². The van der Waals surface area contributed by atoms with Gasteiger partial charge in [0.25, 0.3) is 0 Å². The predicted octanol–water partition coefficient (Wildman–Crippen LogP) is 2.33. The highest BCUT2D eigenvalue weighted by Gasteiger charge is 2.26. The number of benzene rings is 1. The van der Waals surface area contributed by atoms with E-state index in [0.717, 1.165) is 37.2 Å². The number of rotatable bonds is 10. The van der Waals surface area contributed by atoms with Crippen LogP contribution in [0.15, 0.2) is 29.3 Å². The molecule has 0 radical (unpaired) electrons. The molecule has 3 N–H and O–H groups in total. The smallest absolute Gasteiger partial charge is 0.209 e. The summed E-state index contributed by atoms with van der Waals surface area (Å²) in [5, 5.41) is 6.70. The molecule has 1 fully saturated rings. The molecule has 1 aromatic carbocycles. The van der Waals surface area contributed by atoms with E-state index in [2.05, 4.69) is 31.3 Å². The maximum Gasteiger partial charge on any atom is 0.209 e. The SMILES string of the molecule is CCNC(=NCC(C)(C)NS(C)(=O)=O)NCC(c1ccccc1OC)N1CCCC1.I. The van der Waals surface area contributed by atoms with E-state index in [1.54, 1.807) is 7.11 Å². The summed E-state index contributed by atoms with van der Waals surface area (Å²) in [7, 11) is -1.60. The van der Waals surface area contributed by atoms with Gasteiger partial charge in [0.15, 0.2) is 5.96 Å². The standard InChI is InChI=1S/C21H37N5O3S.HI/c1-6-22-20(24-16-21(2,3)25-30(5,27)28)23-15-18(26-13-9-10-14-26)17-11-7-8-12-19(17)29-4;/h7-8,11-12,18,25H,6,9-10,13-16H2,1-5H3,(H2,22,23,24);1H. The minimum atomic E-state index is -3.30. The first-order chi connectivity index (χ1) is 14.1. The van der Waals surface area contributed by atoms with Gasteiger partial charge in [0.05, 0.1) is 26.0 Å². The summed E-state index contributed by atoms with van der Waals surface area (Å²) in [5.41, 5.74) is 0.483. The molecule has 0 spiro atoms. The van der Waals surface area contributed by atoms with Crippen molar-refractivity contribution in [1.29, 1.82) is 0 Å². The van der Waals surface area contributed by atoms with Gasteiger partial charge < -0.3 is 15.4 Å². The van der Waals surface area contributed by atoms with Crippen LogP contribution in [0, 0.1) is 0 Å². The molecule has 1 atom stereocenters. The summed E-state index contributed by atoms with van der Waals surface area (Å²) in [4.78, 5) is 7.10. The first-order valence-electron chi connectivity index (χ1n) is 10.5. The first-order valence-corrected chi connectivity index (χ1v) is 12.4. The average Bonchev–Trinajstić information content (AvgIpc) is 3.19. The van der Waals surface area contributed by atoms with Crippen molar-refractivity contribution in [2.45, 2.75) is 45.2 Å². The van der Waals surface area contributed by atoms with Gasteiger partial charge in [-0.05, 0) is 52.8 Å². The number of likely N-dealkylation sites (tertiary alicyclic amines) is 1. The summed E-state index contributed by atoms with van der Waals surface area (Å²) < 4.78 is 31.4. The van der Waals surface area contributed by atoms with Gasteiger partial charge in [-0.15, -0.1) is 24.0 Å². The Hall–Kier alpha value is -1.11. The van der Waals surface area contributed by atoms with Gasteiger partial charge in [0.1, 0.15) is 5.75 Å². The zero-order valence-electron chi connectivity index (χ0n) is 19.3. The van der Waals surface area contributed by atoms with Gasteiger partial charge in [-0.2, -0.15) is 0 Å². The Morgan fingerprint density at radius 3 is 2.45 bits per heavy atom. The topological polar surface area (TPSA) is 95.1 Å². The normalized spacial score (nSPS) is 16.5. The fraction of sp³-hybridized carbons (Fsp3) is 0.667. The molecular formula is C21H38IN5O3S. The highest BCUT2D eigenvalue weighted by atomic mass is 127. The third-order valence-corrected chi connectivity index (χ3v) is 5.90. The number of ether oxygens (including phenoxy) is 1. The number of sulfonamides is 1. The molecule has 10 heteroatoms. The van der Waals surface area contributed by atoms with Gasteiger partial charge in [-0.25, -0.2) is 13.1 Å². The van der Waals surface area contributed by atoms with Crippen LogP contribution in [0.25, 0.3) is 0 Å². The zero-order chi connectivity index (χ0) is 22.2. The second kappa shape index (κ2) is 12.8. The molecule has 0 aliphatic carbocycles. The minimum Gasteiger partial charge on any atom is -0.496 e. The Bertz CT molecular complexity index is 811. The lowest BCUT2D eigenvalue weighted by Gasteiger charge is -2.30. The summed E-state index contributed by atoms with van der Waals surface area (Å²) in [5.74, 6) is 1.55. The lowest BCUT2D eigenvalue weighted by molar-refractivity contribution is 0.239. The van der Waals surface area contributed by atoms with Crippen LogP contribution in [0.3, 0.4) is 0 Å². The molecule has 1 heterocycles. The van der Waals surface area contributed by atoms with E-state index in [0.29, 0.717) is 19.0 Å². The third kappa shape index (κ3) is 9.50. The number of halogens is 1. The molecule has 178 valence electrons. The number of hydrogen-bond acceptors (Lipinski definition) is 5. The Kier molecular flexibility index (Phi) is 11.5. The zero-order valence-corrected chi connectivity index (χ0v) is 22.4. The molecule has 0 bridgehead atoms. The van der Waals surface area contributed by atoms with Gasteiger partial charge in [-0.3, -0.25) is 9.89 Å². The van der Waals surface area contributed by atoms with Crippen molar-refractivity contribution in [2.75, 3.05) is 46.1 Å². The van der Waals surface area contributed by atoms with Gasteiger partial charge in [0.2, 0.25) is 10.0 Å². The van der Waals surface area contributed by atoms with Gasteiger partial charge in [-0.1, -0.05) is 18.2 Å². The van der Waals surface area contributed by atoms with Crippen molar-refractivity contribution in [3.8, 4) is 5.75 Å². The van der Waals surface area contributed by atoms with Crippen molar-refractivity contribution >= 4 is 40.0 Å². The van der Waals surface area contributed by atoms with Gasteiger partial charge in [0, 0.05) is 24.2 Å². The number of methoxy groups -OCH3 is 1. The van der Waals surface area contributed by atoms with Crippen LogP contribution in [-0.4, -0.2) is 70.9 Å². The molecule has 1 unspecified atom stereocenters. The molecule has 1 aliphatic heterocycles. The molecule has 0 amide bonds. The van der Waals surface area contributed by atoms with Crippen LogP contribution in [0.2, 0.25) is 0 Å². The first kappa shape index (κ1) is 27.9. The van der Waals surface area contributed by atoms with Crippen molar-refractivity contribution < 1.29 is 13.2 Å². The molecule has 2 rings (SSSR count). The second-order valence-electron chi connectivity index (χ2n) is 8.34. The summed E-state index contributed by atoms with van der Waals surface area (Å²) in [6.45, 7) is 9.48. The Labute approximate surface area is 204 Å². The highest BCUT2D eigenvalue weighted by molar-refractivity contribution is 14.0. The minimum absolute atomic E-state index is 0. The third-order valence-electron chi connectivity index (χ3n) is 4.98. The van der Waals surface area contributed by atoms with Crippen LogP contribution < -0.4 is 20.1 Å². The van der Waals surface area contributed by atoms with Crippen molar-refractivity contribution in [2.24, 2.45) is 4.99 Å². The van der Waals surface area contributed by atoms with E-state index in [1.165, 1.54) is 12.8 Å². The van der Waals surface area contributed by atoms with Crippen LogP contribution in [0.4, 0.5) is 0 Å². The van der Waals surface area contributed by atoms with Crippen LogP contribution in [-0.2, 0) is 10.0 Å². The largest absolute Gasteiger partial charge is 0.496 e. The lowest BCUT2D eigenvalue weighted by Crippen LogP contribution is -2.47. The average molecular weight is 568 g/mol.